The molecule has 4 atom stereocenters. The van der Waals surface area contributed by atoms with E-state index in [2.05, 4.69) is 5.32 Å². The van der Waals surface area contributed by atoms with Crippen LogP contribution >= 0.6 is 11.8 Å². The van der Waals surface area contributed by atoms with Crippen LogP contribution in [0.15, 0.2) is 89.8 Å². The molecular formula is C29H26N2O7S. The Kier molecular flexibility index (Phi) is 7.40. The van der Waals surface area contributed by atoms with Gasteiger partial charge >= 0.3 is 11.9 Å². The third kappa shape index (κ3) is 5.13. The first kappa shape index (κ1) is 26.5. The van der Waals surface area contributed by atoms with Crippen LogP contribution in [0.25, 0.3) is 0 Å². The second-order valence-electron chi connectivity index (χ2n) is 9.45. The van der Waals surface area contributed by atoms with E-state index in [9.17, 15) is 29.4 Å². The number of para-hydroxylation sites is 1. The number of amides is 2. The summed E-state index contributed by atoms with van der Waals surface area (Å²) in [6, 6.07) is 24.5. The number of nitrogens with one attached hydrogen (secondary N) is 1. The fourth-order valence-electron chi connectivity index (χ4n) is 5.38. The van der Waals surface area contributed by atoms with Crippen molar-refractivity contribution in [2.45, 2.75) is 22.9 Å². The molecule has 200 valence electrons. The summed E-state index contributed by atoms with van der Waals surface area (Å²) in [4.78, 5) is 53.6. The lowest BCUT2D eigenvalue weighted by molar-refractivity contribution is -0.155. The average molecular weight is 547 g/mol. The van der Waals surface area contributed by atoms with Gasteiger partial charge in [0.1, 0.15) is 17.0 Å². The maximum Gasteiger partial charge on any atom is 0.325 e. The van der Waals surface area contributed by atoms with E-state index in [1.54, 1.807) is 36.4 Å². The molecule has 0 bridgehead atoms. The number of benzene rings is 3. The Morgan fingerprint density at radius 2 is 1.49 bits per heavy atom. The Hall–Kier alpha value is -4.15. The van der Waals surface area contributed by atoms with E-state index in [1.807, 2.05) is 48.5 Å². The monoisotopic (exact) mass is 546 g/mol. The van der Waals surface area contributed by atoms with Crippen LogP contribution in [0.2, 0.25) is 0 Å². The number of hydrogen-bond acceptors (Lipinski definition) is 7. The standard InChI is InChI=1S/C29H26N2O7S/c32-22(33)17-29(28(36)37)24-23(26(34)31(27(24)35)15-16-39-21-9-5-2-6-10-21)25(30-29)18-11-13-20(14-12-18)38-19-7-3-1-4-8-19/h1-14,23-25,30H,15-17H2,(H,32,33)(H,36,37). The number of fused-ring (bicyclic) bond motifs is 1. The van der Waals surface area contributed by atoms with Gasteiger partial charge in [0.25, 0.3) is 0 Å². The number of carboxylic acids is 2. The van der Waals surface area contributed by atoms with Crippen molar-refractivity contribution in [1.29, 1.82) is 0 Å². The zero-order valence-corrected chi connectivity index (χ0v) is 21.5. The number of ether oxygens (including phenoxy) is 1. The number of likely N-dealkylation sites (tertiary alicyclic amines) is 1. The van der Waals surface area contributed by atoms with Crippen LogP contribution in [-0.2, 0) is 19.2 Å². The average Bonchev–Trinajstić information content (AvgIpc) is 3.39. The fraction of sp³-hybridized carbons (Fsp3) is 0.241. The van der Waals surface area contributed by atoms with Crippen LogP contribution in [0, 0.1) is 11.8 Å². The highest BCUT2D eigenvalue weighted by Crippen LogP contribution is 2.50. The Bertz CT molecular complexity index is 1380. The third-order valence-corrected chi connectivity index (χ3v) is 8.09. The van der Waals surface area contributed by atoms with Crippen LogP contribution in [0.4, 0.5) is 0 Å². The number of thioether (sulfide) groups is 1. The van der Waals surface area contributed by atoms with Crippen LogP contribution in [-0.4, -0.2) is 56.7 Å². The molecule has 3 N–H and O–H groups in total. The van der Waals surface area contributed by atoms with Crippen molar-refractivity contribution in [3.05, 3.63) is 90.5 Å². The molecule has 0 radical (unpaired) electrons. The molecule has 0 saturated carbocycles. The predicted octanol–water partition coefficient (Wildman–Crippen LogP) is 3.81. The summed E-state index contributed by atoms with van der Waals surface area (Å²) in [5.74, 6) is -4.86. The van der Waals surface area contributed by atoms with Gasteiger partial charge in [-0.2, -0.15) is 0 Å². The molecule has 3 aromatic rings. The van der Waals surface area contributed by atoms with Gasteiger partial charge in [-0.3, -0.25) is 29.4 Å². The van der Waals surface area contributed by atoms with E-state index in [-0.39, 0.29) is 6.54 Å². The van der Waals surface area contributed by atoms with Crippen molar-refractivity contribution in [2.24, 2.45) is 11.8 Å². The topological polar surface area (TPSA) is 133 Å². The number of aliphatic carboxylic acids is 2. The molecule has 9 nitrogen and oxygen atoms in total. The van der Waals surface area contributed by atoms with Gasteiger partial charge in [-0.1, -0.05) is 48.5 Å². The van der Waals surface area contributed by atoms with Gasteiger partial charge in [0, 0.05) is 23.2 Å². The minimum Gasteiger partial charge on any atom is -0.481 e. The summed E-state index contributed by atoms with van der Waals surface area (Å²) >= 11 is 1.47. The largest absolute Gasteiger partial charge is 0.481 e. The van der Waals surface area contributed by atoms with Crippen LogP contribution < -0.4 is 10.1 Å². The van der Waals surface area contributed by atoms with E-state index in [0.29, 0.717) is 22.8 Å². The summed E-state index contributed by atoms with van der Waals surface area (Å²) in [6.45, 7) is 0.0869. The molecule has 0 aliphatic carbocycles. The molecule has 2 fully saturated rings. The lowest BCUT2D eigenvalue weighted by Gasteiger charge is -2.29. The van der Waals surface area contributed by atoms with E-state index in [0.717, 1.165) is 9.80 Å². The highest BCUT2D eigenvalue weighted by Gasteiger charge is 2.68. The molecule has 2 saturated heterocycles. The van der Waals surface area contributed by atoms with Gasteiger partial charge in [-0.25, -0.2) is 0 Å². The van der Waals surface area contributed by atoms with E-state index >= 15 is 0 Å². The Balaban J connectivity index is 1.42. The first-order valence-electron chi connectivity index (χ1n) is 12.4. The van der Waals surface area contributed by atoms with Crippen molar-refractivity contribution < 1.29 is 34.1 Å². The summed E-state index contributed by atoms with van der Waals surface area (Å²) in [5.41, 5.74) is -1.57. The molecule has 0 aromatic heterocycles. The highest BCUT2D eigenvalue weighted by molar-refractivity contribution is 7.99. The van der Waals surface area contributed by atoms with Crippen LogP contribution in [0.3, 0.4) is 0 Å². The number of imide groups is 1. The molecule has 2 amide bonds. The zero-order chi connectivity index (χ0) is 27.6. The lowest BCUT2D eigenvalue weighted by atomic mass is 9.77. The van der Waals surface area contributed by atoms with Gasteiger partial charge in [0.15, 0.2) is 0 Å². The summed E-state index contributed by atoms with van der Waals surface area (Å²) < 4.78 is 5.83. The molecule has 2 aliphatic rings. The molecule has 2 aliphatic heterocycles. The number of carbonyl (C=O) groups is 4. The van der Waals surface area contributed by atoms with Crippen molar-refractivity contribution in [3.8, 4) is 11.5 Å². The van der Waals surface area contributed by atoms with Crippen molar-refractivity contribution in [1.82, 2.24) is 10.2 Å². The van der Waals surface area contributed by atoms with Crippen LogP contribution in [0.5, 0.6) is 11.5 Å². The maximum absolute atomic E-state index is 13.6. The molecule has 4 unspecified atom stereocenters. The van der Waals surface area contributed by atoms with Gasteiger partial charge < -0.3 is 14.9 Å². The smallest absolute Gasteiger partial charge is 0.325 e. The summed E-state index contributed by atoms with van der Waals surface area (Å²) in [5, 5.41) is 22.7. The first-order valence-corrected chi connectivity index (χ1v) is 13.4. The number of carbonyl (C=O) groups excluding carboxylic acids is 2. The predicted molar refractivity (Wildman–Crippen MR) is 142 cm³/mol. The van der Waals surface area contributed by atoms with E-state index in [1.165, 1.54) is 11.8 Å². The van der Waals surface area contributed by atoms with Gasteiger partial charge in [-0.15, -0.1) is 11.8 Å². The molecule has 0 spiro atoms. The number of hydrogen-bond donors (Lipinski definition) is 3. The third-order valence-electron chi connectivity index (χ3n) is 7.10. The lowest BCUT2D eigenvalue weighted by Crippen LogP contribution is -2.57. The highest BCUT2D eigenvalue weighted by atomic mass is 32.2. The van der Waals surface area contributed by atoms with E-state index in [4.69, 9.17) is 4.74 Å². The van der Waals surface area contributed by atoms with Crippen molar-refractivity contribution in [2.75, 3.05) is 12.3 Å². The molecule has 10 heteroatoms. The number of nitrogens with zero attached hydrogens (tertiary/aromatic N) is 1. The Labute approximate surface area is 228 Å². The molecule has 39 heavy (non-hydrogen) atoms. The summed E-state index contributed by atoms with van der Waals surface area (Å²) in [6.07, 6.45) is -0.846. The molecule has 2 heterocycles. The molecule has 5 rings (SSSR count). The minimum atomic E-state index is -2.13. The van der Waals surface area contributed by atoms with Crippen molar-refractivity contribution >= 4 is 35.5 Å². The SMILES string of the molecule is O=C(O)CC1(C(=O)O)NC(c2ccc(Oc3ccccc3)cc2)C2C(=O)N(CCSc3ccccc3)C(=O)C21. The van der Waals surface area contributed by atoms with E-state index < -0.39 is 53.6 Å². The quantitative estimate of drug-likeness (QED) is 0.256. The van der Waals surface area contributed by atoms with Gasteiger partial charge in [0.2, 0.25) is 11.8 Å². The second-order valence-corrected chi connectivity index (χ2v) is 10.6. The van der Waals surface area contributed by atoms with Gasteiger partial charge in [-0.05, 0) is 42.0 Å². The molecule has 3 aromatic carbocycles. The first-order chi connectivity index (χ1) is 18.8. The summed E-state index contributed by atoms with van der Waals surface area (Å²) in [7, 11) is 0. The zero-order valence-electron chi connectivity index (χ0n) is 20.7. The number of rotatable bonds is 10. The maximum atomic E-state index is 13.6. The normalized spacial score (nSPS) is 24.0. The molecular weight excluding hydrogens is 520 g/mol. The Morgan fingerprint density at radius 1 is 0.872 bits per heavy atom. The second kappa shape index (κ2) is 10.9. The Morgan fingerprint density at radius 3 is 2.10 bits per heavy atom. The van der Waals surface area contributed by atoms with Gasteiger partial charge in [0.05, 0.1) is 18.3 Å². The number of carboxylic acid groups (broad SMARTS) is 2. The van der Waals surface area contributed by atoms with Crippen LogP contribution in [0.1, 0.15) is 18.0 Å². The van der Waals surface area contributed by atoms with Crippen molar-refractivity contribution in [3.63, 3.8) is 0 Å². The fourth-order valence-corrected chi connectivity index (χ4v) is 6.24. The minimum absolute atomic E-state index is 0.0869.